The predicted octanol–water partition coefficient (Wildman–Crippen LogP) is 2.43. The van der Waals surface area contributed by atoms with Crippen LogP contribution in [0, 0.1) is 11.8 Å². The van der Waals surface area contributed by atoms with Gasteiger partial charge in [0.05, 0.1) is 0 Å². The van der Waals surface area contributed by atoms with Gasteiger partial charge in [0.1, 0.15) is 0 Å². The minimum Gasteiger partial charge on any atom is -0.317 e. The molecule has 0 spiro atoms. The third kappa shape index (κ3) is 3.75. The molecule has 0 amide bonds. The van der Waals surface area contributed by atoms with Gasteiger partial charge in [-0.1, -0.05) is 13.3 Å². The highest BCUT2D eigenvalue weighted by Crippen LogP contribution is 2.32. The molecule has 3 nitrogen and oxygen atoms in total. The minimum absolute atomic E-state index is 0.326. The van der Waals surface area contributed by atoms with E-state index < -0.39 is 0 Å². The van der Waals surface area contributed by atoms with Crippen LogP contribution in [0.15, 0.2) is 0 Å². The maximum absolute atomic E-state index is 3.58. The molecule has 1 heterocycles. The highest BCUT2D eigenvalue weighted by Gasteiger charge is 2.35. The van der Waals surface area contributed by atoms with Crippen molar-refractivity contribution in [2.24, 2.45) is 11.8 Å². The van der Waals surface area contributed by atoms with E-state index in [0.717, 1.165) is 17.9 Å². The standard InChI is InChI=1S/C17H35N3/c1-6-14-7-8-16(18-4)15(11-14)12-20-10-9-19(5)17(2,3)13-20/h14-16,18H,6-13H2,1-5H3. The van der Waals surface area contributed by atoms with Crippen molar-refractivity contribution < 1.29 is 0 Å². The molecule has 2 rings (SSSR count). The molecule has 3 atom stereocenters. The van der Waals surface area contributed by atoms with Crippen molar-refractivity contribution in [3.8, 4) is 0 Å². The lowest BCUT2D eigenvalue weighted by Crippen LogP contribution is -2.59. The Balaban J connectivity index is 1.93. The Morgan fingerprint density at radius 3 is 2.55 bits per heavy atom. The monoisotopic (exact) mass is 281 g/mol. The second-order valence-corrected chi connectivity index (χ2v) is 7.71. The fourth-order valence-corrected chi connectivity index (χ4v) is 4.14. The molecule has 0 radical (unpaired) electrons. The van der Waals surface area contributed by atoms with Crippen molar-refractivity contribution in [3.63, 3.8) is 0 Å². The van der Waals surface area contributed by atoms with E-state index in [4.69, 9.17) is 0 Å². The van der Waals surface area contributed by atoms with Gasteiger partial charge in [0.2, 0.25) is 0 Å². The van der Waals surface area contributed by atoms with E-state index in [1.165, 1.54) is 51.9 Å². The van der Waals surface area contributed by atoms with Crippen molar-refractivity contribution in [1.29, 1.82) is 0 Å². The van der Waals surface area contributed by atoms with Crippen LogP contribution < -0.4 is 5.32 Å². The normalized spacial score (nSPS) is 36.1. The highest BCUT2D eigenvalue weighted by molar-refractivity contribution is 4.91. The predicted molar refractivity (Wildman–Crippen MR) is 87.1 cm³/mol. The molecule has 3 heteroatoms. The number of piperazine rings is 1. The summed E-state index contributed by atoms with van der Waals surface area (Å²) in [5.74, 6) is 1.81. The summed E-state index contributed by atoms with van der Waals surface area (Å²) in [6.45, 7) is 12.1. The fraction of sp³-hybridized carbons (Fsp3) is 1.00. The summed E-state index contributed by atoms with van der Waals surface area (Å²) in [5, 5.41) is 3.58. The highest BCUT2D eigenvalue weighted by atomic mass is 15.3. The zero-order chi connectivity index (χ0) is 14.8. The van der Waals surface area contributed by atoms with Gasteiger partial charge in [-0.3, -0.25) is 9.80 Å². The SMILES string of the molecule is CCC1CCC(NC)C(CN2CCN(C)C(C)(C)C2)C1. The van der Waals surface area contributed by atoms with Gasteiger partial charge in [0, 0.05) is 37.8 Å². The Morgan fingerprint density at radius 1 is 1.20 bits per heavy atom. The van der Waals surface area contributed by atoms with Crippen LogP contribution in [0.4, 0.5) is 0 Å². The quantitative estimate of drug-likeness (QED) is 0.854. The van der Waals surface area contributed by atoms with Crippen molar-refractivity contribution in [2.75, 3.05) is 40.3 Å². The number of nitrogens with zero attached hydrogens (tertiary/aromatic N) is 2. The van der Waals surface area contributed by atoms with Crippen molar-refractivity contribution in [3.05, 3.63) is 0 Å². The summed E-state index contributed by atoms with van der Waals surface area (Å²) in [4.78, 5) is 5.22. The molecular formula is C17H35N3. The molecule has 0 aromatic carbocycles. The molecule has 0 bridgehead atoms. The summed E-state index contributed by atoms with van der Waals surface area (Å²) < 4.78 is 0. The maximum Gasteiger partial charge on any atom is 0.0277 e. The molecule has 0 aromatic heterocycles. The van der Waals surface area contributed by atoms with Crippen LogP contribution in [-0.2, 0) is 0 Å². The fourth-order valence-electron chi connectivity index (χ4n) is 4.14. The molecular weight excluding hydrogens is 246 g/mol. The van der Waals surface area contributed by atoms with Crippen LogP contribution in [0.25, 0.3) is 0 Å². The molecule has 1 aliphatic heterocycles. The van der Waals surface area contributed by atoms with Gasteiger partial charge in [0.15, 0.2) is 0 Å². The Labute approximate surface area is 126 Å². The van der Waals surface area contributed by atoms with Gasteiger partial charge >= 0.3 is 0 Å². The Kier molecular flexibility index (Phi) is 5.49. The van der Waals surface area contributed by atoms with E-state index >= 15 is 0 Å². The van der Waals surface area contributed by atoms with E-state index in [9.17, 15) is 0 Å². The van der Waals surface area contributed by atoms with Gasteiger partial charge in [-0.05, 0) is 59.0 Å². The molecule has 1 saturated carbocycles. The largest absolute Gasteiger partial charge is 0.317 e. The van der Waals surface area contributed by atoms with Crippen LogP contribution in [0.2, 0.25) is 0 Å². The molecule has 2 fully saturated rings. The minimum atomic E-state index is 0.326. The lowest BCUT2D eigenvalue weighted by atomic mass is 9.76. The zero-order valence-electron chi connectivity index (χ0n) is 14.3. The molecule has 1 N–H and O–H groups in total. The van der Waals surface area contributed by atoms with Gasteiger partial charge in [-0.15, -0.1) is 0 Å². The lowest BCUT2D eigenvalue weighted by Gasteiger charge is -2.47. The average molecular weight is 281 g/mol. The first-order valence-electron chi connectivity index (χ1n) is 8.57. The van der Waals surface area contributed by atoms with E-state index in [2.05, 4.69) is 50.0 Å². The smallest absolute Gasteiger partial charge is 0.0277 e. The second kappa shape index (κ2) is 6.76. The summed E-state index contributed by atoms with van der Waals surface area (Å²) in [6, 6.07) is 0.737. The number of likely N-dealkylation sites (N-methyl/N-ethyl adjacent to an activating group) is 1. The molecule has 0 aromatic rings. The first-order chi connectivity index (χ1) is 9.46. The van der Waals surface area contributed by atoms with Crippen molar-refractivity contribution in [1.82, 2.24) is 15.1 Å². The van der Waals surface area contributed by atoms with Gasteiger partial charge in [-0.25, -0.2) is 0 Å². The number of rotatable bonds is 4. The van der Waals surface area contributed by atoms with Gasteiger partial charge in [-0.2, -0.15) is 0 Å². The van der Waals surface area contributed by atoms with Crippen LogP contribution in [-0.4, -0.2) is 61.7 Å². The number of hydrogen-bond acceptors (Lipinski definition) is 3. The number of nitrogens with one attached hydrogen (secondary N) is 1. The first kappa shape index (κ1) is 16.3. The Bertz CT molecular complexity index is 303. The Morgan fingerprint density at radius 2 is 1.95 bits per heavy atom. The summed E-state index contributed by atoms with van der Waals surface area (Å²) in [7, 11) is 4.42. The van der Waals surface area contributed by atoms with Crippen LogP contribution >= 0.6 is 0 Å². The molecule has 1 aliphatic carbocycles. The summed E-state index contributed by atoms with van der Waals surface area (Å²) in [5.41, 5.74) is 0.326. The third-order valence-corrected chi connectivity index (χ3v) is 5.93. The van der Waals surface area contributed by atoms with E-state index in [1.54, 1.807) is 0 Å². The molecule has 118 valence electrons. The average Bonchev–Trinajstić information content (AvgIpc) is 2.42. The molecule has 2 aliphatic rings. The maximum atomic E-state index is 3.58. The molecule has 20 heavy (non-hydrogen) atoms. The third-order valence-electron chi connectivity index (χ3n) is 5.93. The molecule has 3 unspecified atom stereocenters. The first-order valence-corrected chi connectivity index (χ1v) is 8.57. The summed E-state index contributed by atoms with van der Waals surface area (Å²) in [6.07, 6.45) is 5.58. The van der Waals surface area contributed by atoms with Gasteiger partial charge < -0.3 is 5.32 Å². The van der Waals surface area contributed by atoms with E-state index in [0.29, 0.717) is 5.54 Å². The van der Waals surface area contributed by atoms with E-state index in [1.807, 2.05) is 0 Å². The Hall–Kier alpha value is -0.120. The van der Waals surface area contributed by atoms with Crippen LogP contribution in [0.3, 0.4) is 0 Å². The number of hydrogen-bond donors (Lipinski definition) is 1. The van der Waals surface area contributed by atoms with Crippen molar-refractivity contribution >= 4 is 0 Å². The van der Waals surface area contributed by atoms with Gasteiger partial charge in [0.25, 0.3) is 0 Å². The second-order valence-electron chi connectivity index (χ2n) is 7.71. The van der Waals surface area contributed by atoms with Crippen molar-refractivity contribution in [2.45, 2.75) is 58.0 Å². The summed E-state index contributed by atoms with van der Waals surface area (Å²) >= 11 is 0. The molecule has 1 saturated heterocycles. The van der Waals surface area contributed by atoms with E-state index in [-0.39, 0.29) is 0 Å². The van der Waals surface area contributed by atoms with Crippen LogP contribution in [0.5, 0.6) is 0 Å². The zero-order valence-corrected chi connectivity index (χ0v) is 14.3. The lowest BCUT2D eigenvalue weighted by molar-refractivity contribution is 0.0220. The van der Waals surface area contributed by atoms with Crippen LogP contribution in [0.1, 0.15) is 46.5 Å². The topological polar surface area (TPSA) is 18.5 Å².